The number of nitro groups is 1. The first-order valence-electron chi connectivity index (χ1n) is 11.3. The van der Waals surface area contributed by atoms with E-state index in [2.05, 4.69) is 31.9 Å². The number of benzene rings is 2. The molecule has 9 nitrogen and oxygen atoms in total. The van der Waals surface area contributed by atoms with Gasteiger partial charge in [-0.1, -0.05) is 44.0 Å². The number of fused-ring (bicyclic) bond motifs is 1. The molecule has 0 N–H and O–H groups in total. The van der Waals surface area contributed by atoms with Gasteiger partial charge < -0.3 is 0 Å². The number of carbonyl (C=O) groups excluding carboxylic acids is 4. The highest BCUT2D eigenvalue weighted by molar-refractivity contribution is 9.12. The number of nitro benzene ring substituents is 1. The molecule has 0 spiro atoms. The van der Waals surface area contributed by atoms with Crippen LogP contribution in [0.4, 0.5) is 5.69 Å². The van der Waals surface area contributed by atoms with Crippen molar-refractivity contribution in [3.8, 4) is 0 Å². The van der Waals surface area contributed by atoms with E-state index in [9.17, 15) is 29.3 Å². The van der Waals surface area contributed by atoms with E-state index in [1.165, 1.54) is 12.1 Å². The number of imide groups is 1. The van der Waals surface area contributed by atoms with Crippen molar-refractivity contribution in [2.24, 2.45) is 11.8 Å². The van der Waals surface area contributed by atoms with Gasteiger partial charge in [-0.3, -0.25) is 29.3 Å². The number of non-ortho nitro benzene ring substituents is 1. The third-order valence-electron chi connectivity index (χ3n) is 6.81. The zero-order valence-corrected chi connectivity index (χ0v) is 22.7. The quantitative estimate of drug-likeness (QED) is 0.156. The van der Waals surface area contributed by atoms with Crippen LogP contribution in [0.15, 0.2) is 42.5 Å². The lowest BCUT2D eigenvalue weighted by Crippen LogP contribution is -2.52. The molecule has 0 radical (unpaired) electrons. The fourth-order valence-corrected chi connectivity index (χ4v) is 5.80. The van der Waals surface area contributed by atoms with Gasteiger partial charge in [0.25, 0.3) is 23.4 Å². The Labute approximate surface area is 224 Å². The third kappa shape index (κ3) is 4.86. The van der Waals surface area contributed by atoms with Gasteiger partial charge >= 0.3 is 0 Å². The molecule has 4 atom stereocenters. The Morgan fingerprint density at radius 1 is 0.944 bits per heavy atom. The molecule has 11 heteroatoms. The largest absolute Gasteiger partial charge is 0.292 e. The van der Waals surface area contributed by atoms with E-state index in [4.69, 9.17) is 0 Å². The van der Waals surface area contributed by atoms with Gasteiger partial charge in [-0.2, -0.15) is 5.01 Å². The number of hydrogen-bond acceptors (Lipinski definition) is 6. The summed E-state index contributed by atoms with van der Waals surface area (Å²) >= 11 is 7.09. The van der Waals surface area contributed by atoms with Gasteiger partial charge in [0, 0.05) is 32.9 Å². The molecule has 1 heterocycles. The van der Waals surface area contributed by atoms with Crippen LogP contribution in [-0.2, 0) is 9.59 Å². The van der Waals surface area contributed by atoms with Gasteiger partial charge in [-0.25, -0.2) is 5.01 Å². The number of alkyl halides is 2. The van der Waals surface area contributed by atoms with Crippen LogP contribution in [0.2, 0.25) is 0 Å². The fraction of sp³-hybridized carbons (Fsp3) is 0.360. The average Bonchev–Trinajstić information content (AvgIpc) is 3.08. The molecule has 2 aromatic carbocycles. The molecule has 0 aromatic heterocycles. The number of nitrogens with zero attached hydrogens (tertiary/aromatic N) is 3. The van der Waals surface area contributed by atoms with Crippen molar-refractivity contribution in [1.82, 2.24) is 10.0 Å². The molecule has 2 fully saturated rings. The number of Topliss-reactive ketones (excluding diaryl/α,β-unsaturated/α-hetero) is 1. The van der Waals surface area contributed by atoms with E-state index in [0.717, 1.165) is 33.3 Å². The molecule has 188 valence electrons. The second-order valence-corrected chi connectivity index (χ2v) is 11.4. The van der Waals surface area contributed by atoms with E-state index < -0.39 is 46.8 Å². The Morgan fingerprint density at radius 2 is 1.47 bits per heavy atom. The summed E-state index contributed by atoms with van der Waals surface area (Å²) in [5, 5.41) is 12.7. The number of hydrazine groups is 1. The molecular weight excluding hydrogens is 598 g/mol. The lowest BCUT2D eigenvalue weighted by atomic mass is 9.81. The first-order valence-corrected chi connectivity index (χ1v) is 13.2. The SMILES string of the molecule is Cc1ccc(C(=O)CN(C(=O)c2ccc([N+](=O)[O-])cc2)N2C(=O)[C@H]3C[C@H](Br)[C@@H](Br)C[C@H]3C2=O)cc1C. The van der Waals surface area contributed by atoms with Crippen LogP contribution in [0, 0.1) is 35.8 Å². The van der Waals surface area contributed by atoms with E-state index in [1.807, 2.05) is 13.8 Å². The minimum atomic E-state index is -0.770. The monoisotopic (exact) mass is 619 g/mol. The van der Waals surface area contributed by atoms with Gasteiger partial charge in [-0.05, 0) is 56.0 Å². The van der Waals surface area contributed by atoms with E-state index >= 15 is 0 Å². The summed E-state index contributed by atoms with van der Waals surface area (Å²) < 4.78 is 0. The van der Waals surface area contributed by atoms with Crippen molar-refractivity contribution in [2.45, 2.75) is 36.3 Å². The fourth-order valence-electron chi connectivity index (χ4n) is 4.57. The number of ketones is 1. The molecule has 36 heavy (non-hydrogen) atoms. The van der Waals surface area contributed by atoms with Crippen LogP contribution >= 0.6 is 31.9 Å². The smallest absolute Gasteiger partial charge is 0.273 e. The summed E-state index contributed by atoms with van der Waals surface area (Å²) in [4.78, 5) is 64.0. The summed E-state index contributed by atoms with van der Waals surface area (Å²) in [7, 11) is 0. The van der Waals surface area contributed by atoms with E-state index in [-0.39, 0.29) is 20.9 Å². The topological polar surface area (TPSA) is 118 Å². The second-order valence-electron chi connectivity index (χ2n) is 9.09. The Bertz CT molecular complexity index is 1240. The molecule has 1 saturated heterocycles. The van der Waals surface area contributed by atoms with E-state index in [0.29, 0.717) is 18.4 Å². The van der Waals surface area contributed by atoms with Crippen molar-refractivity contribution < 1.29 is 24.1 Å². The van der Waals surface area contributed by atoms with Gasteiger partial charge in [0.05, 0.1) is 16.8 Å². The highest BCUT2D eigenvalue weighted by Gasteiger charge is 2.54. The third-order valence-corrected chi connectivity index (χ3v) is 9.54. The second kappa shape index (κ2) is 10.2. The van der Waals surface area contributed by atoms with Crippen molar-refractivity contribution in [3.05, 3.63) is 74.8 Å². The van der Waals surface area contributed by atoms with Gasteiger partial charge in [0.1, 0.15) is 6.54 Å². The van der Waals surface area contributed by atoms with Crippen LogP contribution in [0.5, 0.6) is 0 Å². The molecule has 1 aliphatic heterocycles. The lowest BCUT2D eigenvalue weighted by molar-refractivity contribution is -0.384. The zero-order valence-electron chi connectivity index (χ0n) is 19.5. The van der Waals surface area contributed by atoms with Crippen molar-refractivity contribution >= 4 is 61.1 Å². The Hall–Kier alpha value is -2.92. The highest BCUT2D eigenvalue weighted by Crippen LogP contribution is 2.43. The number of hydrogen-bond donors (Lipinski definition) is 0. The first kappa shape index (κ1) is 26.2. The van der Waals surface area contributed by atoms with Crippen LogP contribution in [-0.4, -0.2) is 54.6 Å². The molecule has 1 saturated carbocycles. The first-order chi connectivity index (χ1) is 17.0. The number of amides is 3. The highest BCUT2D eigenvalue weighted by atomic mass is 79.9. The molecule has 4 rings (SSSR count). The van der Waals surface area contributed by atoms with Gasteiger partial charge in [0.2, 0.25) is 0 Å². The Balaban J connectivity index is 1.70. The van der Waals surface area contributed by atoms with Gasteiger partial charge in [0.15, 0.2) is 5.78 Å². The molecule has 0 bridgehead atoms. The maximum absolute atomic E-state index is 13.6. The van der Waals surface area contributed by atoms with E-state index in [1.54, 1.807) is 18.2 Å². The summed E-state index contributed by atoms with van der Waals surface area (Å²) in [6.45, 7) is 3.23. The number of rotatable bonds is 6. The predicted molar refractivity (Wildman–Crippen MR) is 138 cm³/mol. The molecule has 3 amide bonds. The molecular formula is C25H23Br2N3O6. The van der Waals surface area contributed by atoms with Crippen molar-refractivity contribution in [1.29, 1.82) is 0 Å². The summed E-state index contributed by atoms with van der Waals surface area (Å²) in [5.74, 6) is -3.50. The van der Waals surface area contributed by atoms with Crippen LogP contribution in [0.25, 0.3) is 0 Å². The molecule has 0 unspecified atom stereocenters. The minimum Gasteiger partial charge on any atom is -0.292 e. The van der Waals surface area contributed by atoms with Crippen LogP contribution in [0.1, 0.15) is 44.7 Å². The van der Waals surface area contributed by atoms with Crippen molar-refractivity contribution in [2.75, 3.05) is 6.54 Å². The molecule has 2 aromatic rings. The van der Waals surface area contributed by atoms with Crippen molar-refractivity contribution in [3.63, 3.8) is 0 Å². The summed E-state index contributed by atoms with van der Waals surface area (Å²) in [6, 6.07) is 9.94. The van der Waals surface area contributed by atoms with Crippen LogP contribution < -0.4 is 0 Å². The maximum atomic E-state index is 13.6. The summed E-state index contributed by atoms with van der Waals surface area (Å²) in [6.07, 6.45) is 0.818. The Kier molecular flexibility index (Phi) is 7.42. The molecule has 1 aliphatic carbocycles. The normalized spacial score (nSPS) is 23.4. The predicted octanol–water partition coefficient (Wildman–Crippen LogP) is 4.37. The Morgan fingerprint density at radius 3 is 1.97 bits per heavy atom. The van der Waals surface area contributed by atoms with Crippen LogP contribution in [0.3, 0.4) is 0 Å². The number of aryl methyl sites for hydroxylation is 2. The number of carbonyl (C=O) groups is 4. The maximum Gasteiger partial charge on any atom is 0.273 e. The lowest BCUT2D eigenvalue weighted by Gasteiger charge is -2.30. The molecule has 2 aliphatic rings. The minimum absolute atomic E-state index is 0.0145. The average molecular weight is 621 g/mol. The van der Waals surface area contributed by atoms with Gasteiger partial charge in [-0.15, -0.1) is 0 Å². The number of halogens is 2. The zero-order chi connectivity index (χ0) is 26.3. The summed E-state index contributed by atoms with van der Waals surface area (Å²) in [5.41, 5.74) is 2.03. The standard InChI is InChI=1S/C25H23Br2N3O6/c1-13-3-4-16(9-14(13)2)22(31)12-28(23(32)15-5-7-17(8-6-15)30(35)36)29-24(33)18-10-20(26)21(27)11-19(18)25(29)34/h3-9,18-21H,10-12H2,1-2H3/t18-,19+,20-,21-/m0/s1.